The van der Waals surface area contributed by atoms with E-state index in [1.165, 1.54) is 0 Å². The van der Waals surface area contributed by atoms with Crippen LogP contribution in [0.1, 0.15) is 31.4 Å². The zero-order valence-electron chi connectivity index (χ0n) is 14.0. The molecule has 0 saturated heterocycles. The van der Waals surface area contributed by atoms with Gasteiger partial charge in [0.2, 0.25) is 5.91 Å². The van der Waals surface area contributed by atoms with Gasteiger partial charge in [-0.25, -0.2) is 0 Å². The number of aliphatic carboxylic acids is 1. The Morgan fingerprint density at radius 1 is 1.00 bits per heavy atom. The number of amides is 1. The van der Waals surface area contributed by atoms with Crippen LogP contribution in [0, 0.1) is 11.8 Å². The molecule has 0 aliphatic heterocycles. The predicted molar refractivity (Wildman–Crippen MR) is 93.4 cm³/mol. The number of carboxylic acids is 1. The molecule has 5 nitrogen and oxygen atoms in total. The van der Waals surface area contributed by atoms with E-state index < -0.39 is 17.8 Å². The Hall–Kier alpha value is -2.82. The number of ether oxygens (including phenoxy) is 1. The molecule has 3 atom stereocenters. The van der Waals surface area contributed by atoms with E-state index in [0.717, 1.165) is 17.1 Å². The first-order chi connectivity index (χ1) is 12.0. The first kappa shape index (κ1) is 17.0. The number of nitrogens with one attached hydrogen (secondary N) is 1. The molecule has 1 aliphatic rings. The van der Waals surface area contributed by atoms with Crippen LogP contribution in [0.25, 0.3) is 0 Å². The van der Waals surface area contributed by atoms with Gasteiger partial charge in [-0.15, -0.1) is 0 Å². The van der Waals surface area contributed by atoms with Crippen molar-refractivity contribution < 1.29 is 19.4 Å². The van der Waals surface area contributed by atoms with E-state index in [4.69, 9.17) is 9.84 Å². The molecule has 3 rings (SSSR count). The Kier molecular flexibility index (Phi) is 5.03. The van der Waals surface area contributed by atoms with Crippen LogP contribution in [0.3, 0.4) is 0 Å². The molecule has 1 fully saturated rings. The fraction of sp³-hybridized carbons (Fsp3) is 0.300. The van der Waals surface area contributed by atoms with Gasteiger partial charge in [-0.1, -0.05) is 30.3 Å². The Morgan fingerprint density at radius 3 is 2.16 bits per heavy atom. The molecule has 0 radical (unpaired) electrons. The molecule has 5 heteroatoms. The molecule has 2 aromatic carbocycles. The largest absolute Gasteiger partial charge is 0.481 e. The van der Waals surface area contributed by atoms with Crippen molar-refractivity contribution in [3.05, 3.63) is 60.2 Å². The predicted octanol–water partition coefficient (Wildman–Crippen LogP) is 3.77. The Bertz CT molecular complexity index is 742. The lowest BCUT2D eigenvalue weighted by Gasteiger charge is -2.33. The summed E-state index contributed by atoms with van der Waals surface area (Å²) >= 11 is 0. The summed E-state index contributed by atoms with van der Waals surface area (Å²) < 4.78 is 5.75. The van der Waals surface area contributed by atoms with Gasteiger partial charge in [-0.05, 0) is 49.6 Å². The number of para-hydroxylation sites is 1. The molecule has 130 valence electrons. The lowest BCUT2D eigenvalue weighted by molar-refractivity contribution is -0.152. The van der Waals surface area contributed by atoms with E-state index in [0.29, 0.717) is 12.8 Å². The van der Waals surface area contributed by atoms with Gasteiger partial charge in [0.05, 0.1) is 17.9 Å². The van der Waals surface area contributed by atoms with Crippen LogP contribution in [0.2, 0.25) is 0 Å². The lowest BCUT2D eigenvalue weighted by Crippen LogP contribution is -2.44. The van der Waals surface area contributed by atoms with Gasteiger partial charge in [-0.3, -0.25) is 9.59 Å². The van der Waals surface area contributed by atoms with Gasteiger partial charge < -0.3 is 15.2 Å². The summed E-state index contributed by atoms with van der Waals surface area (Å²) in [6, 6.07) is 16.8. The number of rotatable bonds is 6. The molecule has 0 bridgehead atoms. The van der Waals surface area contributed by atoms with Crippen LogP contribution in [0.5, 0.6) is 11.5 Å². The van der Waals surface area contributed by atoms with Crippen molar-refractivity contribution in [2.24, 2.45) is 11.8 Å². The second-order valence-corrected chi connectivity index (χ2v) is 6.34. The minimum absolute atomic E-state index is 0.184. The molecule has 25 heavy (non-hydrogen) atoms. The quantitative estimate of drug-likeness (QED) is 0.840. The number of carboxylic acid groups (broad SMARTS) is 1. The third kappa shape index (κ3) is 3.99. The molecule has 1 aliphatic carbocycles. The average molecular weight is 339 g/mol. The smallest absolute Gasteiger partial charge is 0.307 e. The number of hydrogen-bond donors (Lipinski definition) is 2. The van der Waals surface area contributed by atoms with E-state index in [1.54, 1.807) is 0 Å². The summed E-state index contributed by atoms with van der Waals surface area (Å²) in [6.45, 7) is 1.89. The van der Waals surface area contributed by atoms with Gasteiger partial charge in [0.25, 0.3) is 0 Å². The summed E-state index contributed by atoms with van der Waals surface area (Å²) in [4.78, 5) is 23.3. The third-order valence-corrected chi connectivity index (χ3v) is 4.65. The summed E-state index contributed by atoms with van der Waals surface area (Å²) in [7, 11) is 0. The maximum absolute atomic E-state index is 12.2. The molecule has 3 unspecified atom stereocenters. The second-order valence-electron chi connectivity index (χ2n) is 6.34. The number of hydrogen-bond acceptors (Lipinski definition) is 3. The highest BCUT2D eigenvalue weighted by Gasteiger charge is 2.41. The fourth-order valence-corrected chi connectivity index (χ4v) is 2.96. The number of benzene rings is 2. The Labute approximate surface area is 146 Å². The van der Waals surface area contributed by atoms with Crippen LogP contribution in [-0.2, 0) is 9.59 Å². The highest BCUT2D eigenvalue weighted by Crippen LogP contribution is 2.35. The van der Waals surface area contributed by atoms with E-state index in [-0.39, 0.29) is 11.9 Å². The van der Waals surface area contributed by atoms with Crippen molar-refractivity contribution in [1.82, 2.24) is 5.32 Å². The monoisotopic (exact) mass is 339 g/mol. The first-order valence-electron chi connectivity index (χ1n) is 8.40. The summed E-state index contributed by atoms with van der Waals surface area (Å²) in [5.41, 5.74) is 0.944. The highest BCUT2D eigenvalue weighted by atomic mass is 16.5. The molecular formula is C20H21NO4. The van der Waals surface area contributed by atoms with Crippen molar-refractivity contribution in [3.63, 3.8) is 0 Å². The number of carbonyl (C=O) groups excluding carboxylic acids is 1. The maximum atomic E-state index is 12.2. The van der Waals surface area contributed by atoms with Crippen molar-refractivity contribution in [2.75, 3.05) is 0 Å². The van der Waals surface area contributed by atoms with E-state index in [1.807, 2.05) is 61.5 Å². The number of carbonyl (C=O) groups is 2. The van der Waals surface area contributed by atoms with Crippen LogP contribution >= 0.6 is 0 Å². The van der Waals surface area contributed by atoms with E-state index in [9.17, 15) is 9.59 Å². The van der Waals surface area contributed by atoms with Gasteiger partial charge >= 0.3 is 5.97 Å². The molecular weight excluding hydrogens is 318 g/mol. The molecule has 2 N–H and O–H groups in total. The SMILES string of the molecule is CC(NC(=O)C1CCC1C(=O)O)c1ccc(Oc2ccccc2)cc1. The van der Waals surface area contributed by atoms with Gasteiger partial charge in [-0.2, -0.15) is 0 Å². The van der Waals surface area contributed by atoms with Crippen LogP contribution < -0.4 is 10.1 Å². The van der Waals surface area contributed by atoms with Crippen molar-refractivity contribution in [3.8, 4) is 11.5 Å². The molecule has 1 amide bonds. The van der Waals surface area contributed by atoms with Crippen molar-refractivity contribution in [2.45, 2.75) is 25.8 Å². The molecule has 2 aromatic rings. The summed E-state index contributed by atoms with van der Waals surface area (Å²) in [5.74, 6) is -0.550. The Balaban J connectivity index is 1.58. The van der Waals surface area contributed by atoms with Crippen LogP contribution in [0.4, 0.5) is 0 Å². The first-order valence-corrected chi connectivity index (χ1v) is 8.40. The normalized spacial score (nSPS) is 20.2. The topological polar surface area (TPSA) is 75.6 Å². The summed E-state index contributed by atoms with van der Waals surface area (Å²) in [5, 5.41) is 12.0. The highest BCUT2D eigenvalue weighted by molar-refractivity contribution is 5.86. The molecule has 1 saturated carbocycles. The summed E-state index contributed by atoms with van der Waals surface area (Å²) in [6.07, 6.45) is 1.21. The molecule has 0 heterocycles. The standard InChI is InChI=1S/C20H21NO4/c1-13(21-19(22)17-11-12-18(17)20(23)24)14-7-9-16(10-8-14)25-15-5-3-2-4-6-15/h2-10,13,17-18H,11-12H2,1H3,(H,21,22)(H,23,24). The lowest BCUT2D eigenvalue weighted by atomic mass is 9.73. The zero-order chi connectivity index (χ0) is 17.8. The van der Waals surface area contributed by atoms with Crippen LogP contribution in [-0.4, -0.2) is 17.0 Å². The van der Waals surface area contributed by atoms with Crippen LogP contribution in [0.15, 0.2) is 54.6 Å². The van der Waals surface area contributed by atoms with Crippen molar-refractivity contribution >= 4 is 11.9 Å². The van der Waals surface area contributed by atoms with Gasteiger partial charge in [0, 0.05) is 0 Å². The Morgan fingerprint density at radius 2 is 1.60 bits per heavy atom. The van der Waals surface area contributed by atoms with Gasteiger partial charge in [0.15, 0.2) is 0 Å². The van der Waals surface area contributed by atoms with E-state index >= 15 is 0 Å². The maximum Gasteiger partial charge on any atom is 0.307 e. The zero-order valence-corrected chi connectivity index (χ0v) is 14.0. The fourth-order valence-electron chi connectivity index (χ4n) is 2.96. The average Bonchev–Trinajstić information content (AvgIpc) is 2.54. The second kappa shape index (κ2) is 7.38. The minimum atomic E-state index is -0.888. The molecule has 0 aromatic heterocycles. The van der Waals surface area contributed by atoms with Gasteiger partial charge in [0.1, 0.15) is 11.5 Å². The van der Waals surface area contributed by atoms with E-state index in [2.05, 4.69) is 5.32 Å². The minimum Gasteiger partial charge on any atom is -0.481 e. The van der Waals surface area contributed by atoms with Crippen molar-refractivity contribution in [1.29, 1.82) is 0 Å². The third-order valence-electron chi connectivity index (χ3n) is 4.65. The molecule has 0 spiro atoms.